The van der Waals surface area contributed by atoms with Gasteiger partial charge in [0.1, 0.15) is 0 Å². The maximum atomic E-state index is 12.6. The number of nitrogens with zero attached hydrogens (tertiary/aromatic N) is 2. The fourth-order valence-electron chi connectivity index (χ4n) is 2.71. The van der Waals surface area contributed by atoms with Crippen LogP contribution in [-0.2, 0) is 27.4 Å². The lowest BCUT2D eigenvalue weighted by Crippen LogP contribution is -2.37. The molecule has 0 aliphatic heterocycles. The minimum atomic E-state index is -0.982. The van der Waals surface area contributed by atoms with Gasteiger partial charge >= 0.3 is 11.9 Å². The van der Waals surface area contributed by atoms with Crippen LogP contribution < -0.4 is 0 Å². The first-order valence-electron chi connectivity index (χ1n) is 8.68. The molecule has 8 heteroatoms. The van der Waals surface area contributed by atoms with Crippen molar-refractivity contribution in [3.8, 4) is 0 Å². The van der Waals surface area contributed by atoms with E-state index in [4.69, 9.17) is 4.74 Å². The van der Waals surface area contributed by atoms with Gasteiger partial charge in [0, 0.05) is 17.1 Å². The number of amides is 1. The van der Waals surface area contributed by atoms with E-state index in [2.05, 4.69) is 15.9 Å². The van der Waals surface area contributed by atoms with Crippen LogP contribution >= 0.6 is 15.9 Å². The molecular formula is C20H21BrN2O5. The Hall–Kier alpha value is -2.74. The molecule has 2 aromatic rings. The van der Waals surface area contributed by atoms with E-state index in [0.717, 1.165) is 16.7 Å². The van der Waals surface area contributed by atoms with E-state index < -0.39 is 16.8 Å². The summed E-state index contributed by atoms with van der Waals surface area (Å²) < 4.78 is 5.47. The van der Waals surface area contributed by atoms with Crippen LogP contribution in [0.1, 0.15) is 29.2 Å². The number of aryl methyl sites for hydroxylation is 2. The van der Waals surface area contributed by atoms with E-state index >= 15 is 0 Å². The zero-order chi connectivity index (χ0) is 20.8. The summed E-state index contributed by atoms with van der Waals surface area (Å²) in [6.45, 7) is 5.64. The van der Waals surface area contributed by atoms with E-state index in [1.54, 1.807) is 19.1 Å². The van der Waals surface area contributed by atoms with Crippen LogP contribution in [0.4, 0.5) is 5.69 Å². The van der Waals surface area contributed by atoms with Gasteiger partial charge in [-0.05, 0) is 49.6 Å². The van der Waals surface area contributed by atoms with Gasteiger partial charge < -0.3 is 9.64 Å². The molecule has 0 saturated carbocycles. The minimum absolute atomic E-state index is 0.0685. The van der Waals surface area contributed by atoms with Crippen molar-refractivity contribution in [1.29, 1.82) is 0 Å². The highest BCUT2D eigenvalue weighted by Crippen LogP contribution is 2.25. The maximum Gasteiger partial charge on any atom is 0.397 e. The van der Waals surface area contributed by atoms with Gasteiger partial charge in [-0.25, -0.2) is 4.79 Å². The highest BCUT2D eigenvalue weighted by atomic mass is 79.9. The lowest BCUT2D eigenvalue weighted by atomic mass is 10.1. The number of nitro groups is 1. The van der Waals surface area contributed by atoms with Crippen molar-refractivity contribution in [2.24, 2.45) is 0 Å². The number of nitro benzene ring substituents is 1. The van der Waals surface area contributed by atoms with Gasteiger partial charge in [-0.2, -0.15) is 0 Å². The van der Waals surface area contributed by atoms with E-state index in [0.29, 0.717) is 10.0 Å². The van der Waals surface area contributed by atoms with Crippen molar-refractivity contribution < 1.29 is 19.2 Å². The molecule has 0 spiro atoms. The number of rotatable bonds is 6. The first kappa shape index (κ1) is 21.6. The second kappa shape index (κ2) is 9.45. The molecule has 1 amide bonds. The summed E-state index contributed by atoms with van der Waals surface area (Å²) in [4.78, 5) is 36.8. The summed E-state index contributed by atoms with van der Waals surface area (Å²) in [5, 5.41) is 11.4. The average molecular weight is 449 g/mol. The molecule has 7 nitrogen and oxygen atoms in total. The summed E-state index contributed by atoms with van der Waals surface area (Å²) >= 11 is 3.29. The normalized spacial score (nSPS) is 10.4. The Bertz CT molecular complexity index is 913. The van der Waals surface area contributed by atoms with Gasteiger partial charge in [-0.1, -0.05) is 34.1 Å². The van der Waals surface area contributed by atoms with Crippen LogP contribution in [-0.4, -0.2) is 28.3 Å². The molecular weight excluding hydrogens is 428 g/mol. The van der Waals surface area contributed by atoms with Gasteiger partial charge in [0.05, 0.1) is 23.6 Å². The lowest BCUT2D eigenvalue weighted by Gasteiger charge is -2.22. The fourth-order valence-corrected chi connectivity index (χ4v) is 3.12. The number of halogens is 1. The van der Waals surface area contributed by atoms with Crippen LogP contribution in [0.3, 0.4) is 0 Å². The van der Waals surface area contributed by atoms with Crippen LogP contribution in [0.5, 0.6) is 0 Å². The zero-order valence-corrected chi connectivity index (χ0v) is 17.5. The van der Waals surface area contributed by atoms with E-state index in [-0.39, 0.29) is 25.4 Å². The molecule has 0 radical (unpaired) electrons. The molecule has 0 fully saturated rings. The molecule has 0 heterocycles. The molecule has 0 aliphatic rings. The Morgan fingerprint density at radius 1 is 1.11 bits per heavy atom. The van der Waals surface area contributed by atoms with E-state index in [1.165, 1.54) is 11.0 Å². The van der Waals surface area contributed by atoms with Gasteiger partial charge in [0.2, 0.25) is 0 Å². The van der Waals surface area contributed by atoms with Crippen molar-refractivity contribution in [1.82, 2.24) is 4.90 Å². The highest BCUT2D eigenvalue weighted by molar-refractivity contribution is 9.10. The lowest BCUT2D eigenvalue weighted by molar-refractivity contribution is -0.385. The third-order valence-corrected chi connectivity index (χ3v) is 4.77. The molecule has 148 valence electrons. The number of hydrogen-bond donors (Lipinski definition) is 0. The number of benzene rings is 2. The quantitative estimate of drug-likeness (QED) is 0.287. The maximum absolute atomic E-state index is 12.6. The molecule has 2 rings (SSSR count). The summed E-state index contributed by atoms with van der Waals surface area (Å²) in [6, 6.07) is 10.2. The third kappa shape index (κ3) is 5.39. The molecule has 0 N–H and O–H groups in total. The zero-order valence-electron chi connectivity index (χ0n) is 15.9. The van der Waals surface area contributed by atoms with Crippen LogP contribution in [0.25, 0.3) is 0 Å². The summed E-state index contributed by atoms with van der Waals surface area (Å²) in [5.41, 5.74) is 3.17. The predicted octanol–water partition coefficient (Wildman–Crippen LogP) is 4.07. The van der Waals surface area contributed by atoms with Crippen molar-refractivity contribution >= 4 is 33.5 Å². The smallest absolute Gasteiger partial charge is 0.397 e. The molecule has 2 aromatic carbocycles. The summed E-state index contributed by atoms with van der Waals surface area (Å²) in [5.74, 6) is -1.82. The van der Waals surface area contributed by atoms with Gasteiger partial charge in [-0.3, -0.25) is 14.9 Å². The van der Waals surface area contributed by atoms with Crippen LogP contribution in [0.2, 0.25) is 0 Å². The Morgan fingerprint density at radius 3 is 2.43 bits per heavy atom. The second-order valence-corrected chi connectivity index (χ2v) is 7.25. The molecule has 0 bridgehead atoms. The molecule has 0 atom stereocenters. The topological polar surface area (TPSA) is 89.8 Å². The van der Waals surface area contributed by atoms with Crippen LogP contribution in [0, 0.1) is 24.0 Å². The SMILES string of the molecule is CCOC(=O)C(=O)N(Cc1ccc(C)c(C)c1)Cc1cc(Br)ccc1[N+](=O)[O-]. The molecule has 0 saturated heterocycles. The second-order valence-electron chi connectivity index (χ2n) is 6.33. The Kier molecular flexibility index (Phi) is 7.28. The van der Waals surface area contributed by atoms with E-state index in [9.17, 15) is 19.7 Å². The van der Waals surface area contributed by atoms with Gasteiger partial charge in [0.15, 0.2) is 0 Å². The summed E-state index contributed by atoms with van der Waals surface area (Å²) in [6.07, 6.45) is 0. The fraction of sp³-hybridized carbons (Fsp3) is 0.300. The standard InChI is InChI=1S/C20H21BrN2O5/c1-4-28-20(25)19(24)22(11-15-6-5-13(2)14(3)9-15)12-16-10-17(21)7-8-18(16)23(26)27/h5-10H,4,11-12H2,1-3H3. The Labute approximate surface area is 171 Å². The first-order valence-corrected chi connectivity index (χ1v) is 9.47. The van der Waals surface area contributed by atoms with Crippen molar-refractivity contribution in [3.63, 3.8) is 0 Å². The Morgan fingerprint density at radius 2 is 1.82 bits per heavy atom. The molecule has 28 heavy (non-hydrogen) atoms. The van der Waals surface area contributed by atoms with Crippen molar-refractivity contribution in [2.45, 2.75) is 33.9 Å². The van der Waals surface area contributed by atoms with Crippen molar-refractivity contribution in [2.75, 3.05) is 6.61 Å². The van der Waals surface area contributed by atoms with E-state index in [1.807, 2.05) is 32.0 Å². The largest absolute Gasteiger partial charge is 0.459 e. The van der Waals surface area contributed by atoms with Crippen LogP contribution in [0.15, 0.2) is 40.9 Å². The number of esters is 1. The van der Waals surface area contributed by atoms with Gasteiger partial charge in [0.25, 0.3) is 5.69 Å². The predicted molar refractivity (Wildman–Crippen MR) is 108 cm³/mol. The number of ether oxygens (including phenoxy) is 1. The summed E-state index contributed by atoms with van der Waals surface area (Å²) in [7, 11) is 0. The highest BCUT2D eigenvalue weighted by Gasteiger charge is 2.26. The third-order valence-electron chi connectivity index (χ3n) is 4.28. The van der Waals surface area contributed by atoms with Crippen molar-refractivity contribution in [3.05, 3.63) is 73.2 Å². The minimum Gasteiger partial charge on any atom is -0.459 e. The molecule has 0 aliphatic carbocycles. The number of hydrogen-bond acceptors (Lipinski definition) is 5. The number of carbonyl (C=O) groups excluding carboxylic acids is 2. The molecule has 0 unspecified atom stereocenters. The monoisotopic (exact) mass is 448 g/mol. The first-order chi connectivity index (χ1) is 13.2. The number of carbonyl (C=O) groups is 2. The molecule has 0 aromatic heterocycles. The Balaban J connectivity index is 2.39. The van der Waals surface area contributed by atoms with Gasteiger partial charge in [-0.15, -0.1) is 0 Å². The average Bonchev–Trinajstić information content (AvgIpc) is 2.63.